The summed E-state index contributed by atoms with van der Waals surface area (Å²) < 4.78 is 0. The molecule has 112 valence electrons. The van der Waals surface area contributed by atoms with Crippen molar-refractivity contribution in [3.05, 3.63) is 36.0 Å². The summed E-state index contributed by atoms with van der Waals surface area (Å²) in [5.74, 6) is 0. The van der Waals surface area contributed by atoms with E-state index in [1.807, 2.05) is 12.1 Å². The molecule has 0 aliphatic heterocycles. The summed E-state index contributed by atoms with van der Waals surface area (Å²) in [5, 5.41) is 8.13. The standard InChI is InChI=1S/C17H23N3S/c1-11(2)18-16(21)19-13-7-8-14-12(10-13)6-9-15(20-14)17(3,4)5/h6-11H,1-5H3,(H2,18,19,21). The fourth-order valence-electron chi connectivity index (χ4n) is 2.05. The smallest absolute Gasteiger partial charge is 0.170 e. The summed E-state index contributed by atoms with van der Waals surface area (Å²) in [6.45, 7) is 10.6. The molecule has 0 fully saturated rings. The fourth-order valence-corrected chi connectivity index (χ4v) is 2.40. The number of pyridine rings is 1. The molecule has 0 unspecified atom stereocenters. The van der Waals surface area contributed by atoms with Gasteiger partial charge in [0.2, 0.25) is 0 Å². The zero-order valence-electron chi connectivity index (χ0n) is 13.3. The minimum absolute atomic E-state index is 0.0634. The SMILES string of the molecule is CC(C)NC(=S)Nc1ccc2nc(C(C)(C)C)ccc2c1. The summed E-state index contributed by atoms with van der Waals surface area (Å²) in [7, 11) is 0. The summed E-state index contributed by atoms with van der Waals surface area (Å²) in [5.41, 5.74) is 3.16. The topological polar surface area (TPSA) is 37.0 Å². The van der Waals surface area contributed by atoms with E-state index < -0.39 is 0 Å². The van der Waals surface area contributed by atoms with Crippen molar-refractivity contribution in [3.63, 3.8) is 0 Å². The van der Waals surface area contributed by atoms with Crippen molar-refractivity contribution < 1.29 is 0 Å². The molecular formula is C17H23N3S. The third-order valence-corrected chi connectivity index (χ3v) is 3.36. The van der Waals surface area contributed by atoms with Gasteiger partial charge in [0.25, 0.3) is 0 Å². The van der Waals surface area contributed by atoms with E-state index >= 15 is 0 Å². The Labute approximate surface area is 132 Å². The van der Waals surface area contributed by atoms with Crippen LogP contribution in [0.15, 0.2) is 30.3 Å². The molecule has 0 saturated carbocycles. The van der Waals surface area contributed by atoms with Crippen molar-refractivity contribution in [1.82, 2.24) is 10.3 Å². The second-order valence-corrected chi connectivity index (χ2v) is 7.02. The predicted molar refractivity (Wildman–Crippen MR) is 94.9 cm³/mol. The molecule has 0 amide bonds. The van der Waals surface area contributed by atoms with Gasteiger partial charge in [0, 0.05) is 28.2 Å². The number of benzene rings is 1. The molecule has 1 heterocycles. The lowest BCUT2D eigenvalue weighted by molar-refractivity contribution is 0.571. The van der Waals surface area contributed by atoms with Gasteiger partial charge in [0.05, 0.1) is 5.52 Å². The third-order valence-electron chi connectivity index (χ3n) is 3.14. The Morgan fingerprint density at radius 1 is 1.14 bits per heavy atom. The van der Waals surface area contributed by atoms with Crippen molar-refractivity contribution in [2.24, 2.45) is 0 Å². The highest BCUT2D eigenvalue weighted by Crippen LogP contribution is 2.24. The summed E-state index contributed by atoms with van der Waals surface area (Å²) >= 11 is 5.27. The zero-order valence-corrected chi connectivity index (χ0v) is 14.1. The summed E-state index contributed by atoms with van der Waals surface area (Å²) in [6, 6.07) is 10.6. The van der Waals surface area contributed by atoms with E-state index in [0.717, 1.165) is 22.3 Å². The van der Waals surface area contributed by atoms with Crippen LogP contribution in [-0.4, -0.2) is 16.1 Å². The van der Waals surface area contributed by atoms with Crippen LogP contribution in [0.2, 0.25) is 0 Å². The van der Waals surface area contributed by atoms with Crippen molar-refractivity contribution in [2.45, 2.75) is 46.1 Å². The first-order valence-corrected chi connectivity index (χ1v) is 7.65. The largest absolute Gasteiger partial charge is 0.360 e. The minimum atomic E-state index is 0.0634. The quantitative estimate of drug-likeness (QED) is 0.814. The maximum absolute atomic E-state index is 5.27. The molecule has 2 rings (SSSR count). The molecule has 0 atom stereocenters. The van der Waals surface area contributed by atoms with Crippen LogP contribution in [0, 0.1) is 0 Å². The number of nitrogens with zero attached hydrogens (tertiary/aromatic N) is 1. The Hall–Kier alpha value is -1.68. The van der Waals surface area contributed by atoms with Crippen LogP contribution >= 0.6 is 12.2 Å². The molecule has 0 spiro atoms. The van der Waals surface area contributed by atoms with E-state index in [9.17, 15) is 0 Å². The lowest BCUT2D eigenvalue weighted by Crippen LogP contribution is -2.33. The van der Waals surface area contributed by atoms with Crippen LogP contribution in [0.4, 0.5) is 5.69 Å². The molecular weight excluding hydrogens is 278 g/mol. The van der Waals surface area contributed by atoms with Gasteiger partial charge in [-0.3, -0.25) is 4.98 Å². The van der Waals surface area contributed by atoms with Gasteiger partial charge in [0.15, 0.2) is 5.11 Å². The Morgan fingerprint density at radius 2 is 1.86 bits per heavy atom. The summed E-state index contributed by atoms with van der Waals surface area (Å²) in [4.78, 5) is 4.74. The van der Waals surface area contributed by atoms with Gasteiger partial charge in [-0.15, -0.1) is 0 Å². The number of fused-ring (bicyclic) bond motifs is 1. The van der Waals surface area contributed by atoms with E-state index in [1.54, 1.807) is 0 Å². The number of anilines is 1. The Morgan fingerprint density at radius 3 is 2.48 bits per heavy atom. The average molecular weight is 301 g/mol. The Bertz CT molecular complexity index is 657. The number of rotatable bonds is 2. The third kappa shape index (κ3) is 4.14. The second kappa shape index (κ2) is 5.98. The van der Waals surface area contributed by atoms with Gasteiger partial charge in [-0.25, -0.2) is 0 Å². The number of nitrogens with one attached hydrogen (secondary N) is 2. The summed E-state index contributed by atoms with van der Waals surface area (Å²) in [6.07, 6.45) is 0. The van der Waals surface area contributed by atoms with Gasteiger partial charge in [-0.05, 0) is 50.3 Å². The van der Waals surface area contributed by atoms with E-state index in [0.29, 0.717) is 11.2 Å². The highest BCUT2D eigenvalue weighted by Gasteiger charge is 2.15. The van der Waals surface area contributed by atoms with Gasteiger partial charge in [-0.1, -0.05) is 26.8 Å². The molecule has 2 N–H and O–H groups in total. The first-order chi connectivity index (χ1) is 9.75. The fraction of sp³-hybridized carbons (Fsp3) is 0.412. The van der Waals surface area contributed by atoms with Crippen LogP contribution in [0.5, 0.6) is 0 Å². The molecule has 0 saturated heterocycles. The van der Waals surface area contributed by atoms with E-state index in [2.05, 4.69) is 63.5 Å². The van der Waals surface area contributed by atoms with Gasteiger partial charge in [-0.2, -0.15) is 0 Å². The predicted octanol–water partition coefficient (Wildman–Crippen LogP) is 4.23. The molecule has 0 aliphatic rings. The lowest BCUT2D eigenvalue weighted by atomic mass is 9.91. The molecule has 2 aromatic rings. The first kappa shape index (κ1) is 15.7. The second-order valence-electron chi connectivity index (χ2n) is 6.61. The highest BCUT2D eigenvalue weighted by molar-refractivity contribution is 7.80. The van der Waals surface area contributed by atoms with Crippen LogP contribution in [-0.2, 0) is 5.41 Å². The van der Waals surface area contributed by atoms with Crippen LogP contribution < -0.4 is 10.6 Å². The van der Waals surface area contributed by atoms with Crippen molar-refractivity contribution >= 4 is 33.9 Å². The van der Waals surface area contributed by atoms with Crippen LogP contribution in [0.3, 0.4) is 0 Å². The van der Waals surface area contributed by atoms with Gasteiger partial charge < -0.3 is 10.6 Å². The van der Waals surface area contributed by atoms with Crippen LogP contribution in [0.1, 0.15) is 40.3 Å². The molecule has 3 nitrogen and oxygen atoms in total. The van der Waals surface area contributed by atoms with E-state index in [1.165, 1.54) is 0 Å². The van der Waals surface area contributed by atoms with Gasteiger partial charge in [0.1, 0.15) is 0 Å². The zero-order chi connectivity index (χ0) is 15.6. The Kier molecular flexibility index (Phi) is 4.47. The number of hydrogen-bond acceptors (Lipinski definition) is 2. The molecule has 0 aliphatic carbocycles. The molecule has 4 heteroatoms. The maximum Gasteiger partial charge on any atom is 0.170 e. The Balaban J connectivity index is 2.25. The highest BCUT2D eigenvalue weighted by atomic mass is 32.1. The number of hydrogen-bond donors (Lipinski definition) is 2. The van der Waals surface area contributed by atoms with E-state index in [4.69, 9.17) is 17.2 Å². The van der Waals surface area contributed by atoms with Crippen molar-refractivity contribution in [2.75, 3.05) is 5.32 Å². The first-order valence-electron chi connectivity index (χ1n) is 7.24. The minimum Gasteiger partial charge on any atom is -0.360 e. The average Bonchev–Trinajstić information content (AvgIpc) is 2.35. The lowest BCUT2D eigenvalue weighted by Gasteiger charge is -2.18. The van der Waals surface area contributed by atoms with E-state index in [-0.39, 0.29) is 5.41 Å². The number of thiocarbonyl (C=S) groups is 1. The molecule has 21 heavy (non-hydrogen) atoms. The van der Waals surface area contributed by atoms with Gasteiger partial charge >= 0.3 is 0 Å². The van der Waals surface area contributed by atoms with Crippen LogP contribution in [0.25, 0.3) is 10.9 Å². The van der Waals surface area contributed by atoms with Crippen molar-refractivity contribution in [1.29, 1.82) is 0 Å². The molecule has 0 radical (unpaired) electrons. The number of aromatic nitrogens is 1. The molecule has 1 aromatic carbocycles. The van der Waals surface area contributed by atoms with Crippen molar-refractivity contribution in [3.8, 4) is 0 Å². The monoisotopic (exact) mass is 301 g/mol. The molecule has 0 bridgehead atoms. The molecule has 1 aromatic heterocycles. The normalized spacial score (nSPS) is 11.7. The maximum atomic E-state index is 5.27.